The fourth-order valence-corrected chi connectivity index (χ4v) is 3.48. The first kappa shape index (κ1) is 23.3. The van der Waals surface area contributed by atoms with E-state index in [1.54, 1.807) is 7.11 Å². The molecule has 8 heteroatoms. The number of halogens is 1. The Morgan fingerprint density at radius 1 is 1.21 bits per heavy atom. The van der Waals surface area contributed by atoms with E-state index in [4.69, 9.17) is 9.73 Å². The van der Waals surface area contributed by atoms with E-state index in [-0.39, 0.29) is 24.0 Å². The lowest BCUT2D eigenvalue weighted by Crippen LogP contribution is -2.52. The molecule has 29 heavy (non-hydrogen) atoms. The molecule has 0 spiro atoms. The maximum absolute atomic E-state index is 5.52. The van der Waals surface area contributed by atoms with E-state index in [1.807, 2.05) is 23.0 Å². The zero-order valence-corrected chi connectivity index (χ0v) is 20.0. The Labute approximate surface area is 191 Å². The molecule has 1 fully saturated rings. The Morgan fingerprint density at radius 2 is 1.97 bits per heavy atom. The highest BCUT2D eigenvalue weighted by Gasteiger charge is 2.21. The van der Waals surface area contributed by atoms with Gasteiger partial charge in [-0.1, -0.05) is 12.1 Å². The zero-order chi connectivity index (χ0) is 19.8. The fraction of sp³-hybridized carbons (Fsp3) is 0.524. The summed E-state index contributed by atoms with van der Waals surface area (Å²) >= 11 is 0. The van der Waals surface area contributed by atoms with Crippen molar-refractivity contribution in [2.24, 2.45) is 4.99 Å². The molecule has 3 rings (SSSR count). The van der Waals surface area contributed by atoms with Crippen LogP contribution in [-0.2, 0) is 6.54 Å². The lowest BCUT2D eigenvalue weighted by Gasteiger charge is -2.38. The summed E-state index contributed by atoms with van der Waals surface area (Å²) in [6.45, 7) is 10.6. The van der Waals surface area contributed by atoms with Crippen molar-refractivity contribution < 1.29 is 4.74 Å². The maximum atomic E-state index is 5.52. The van der Waals surface area contributed by atoms with E-state index in [0.29, 0.717) is 0 Å². The molecule has 1 aromatic carbocycles. The van der Waals surface area contributed by atoms with Gasteiger partial charge < -0.3 is 19.9 Å². The first-order valence-electron chi connectivity index (χ1n) is 10.1. The van der Waals surface area contributed by atoms with Crippen LogP contribution in [0.4, 0.5) is 5.69 Å². The predicted molar refractivity (Wildman–Crippen MR) is 130 cm³/mol. The van der Waals surface area contributed by atoms with Crippen molar-refractivity contribution in [2.75, 3.05) is 51.3 Å². The average Bonchev–Trinajstić information content (AvgIpc) is 3.15. The van der Waals surface area contributed by atoms with Crippen LogP contribution in [0.3, 0.4) is 0 Å². The quantitative estimate of drug-likeness (QED) is 0.268. The highest BCUT2D eigenvalue weighted by Crippen LogP contribution is 2.28. The van der Waals surface area contributed by atoms with E-state index in [2.05, 4.69) is 52.4 Å². The van der Waals surface area contributed by atoms with Crippen molar-refractivity contribution in [3.05, 3.63) is 42.2 Å². The van der Waals surface area contributed by atoms with Gasteiger partial charge in [-0.2, -0.15) is 5.10 Å². The van der Waals surface area contributed by atoms with Gasteiger partial charge in [0, 0.05) is 52.0 Å². The van der Waals surface area contributed by atoms with Crippen molar-refractivity contribution in [3.8, 4) is 5.75 Å². The van der Waals surface area contributed by atoms with Crippen molar-refractivity contribution >= 4 is 35.6 Å². The van der Waals surface area contributed by atoms with Gasteiger partial charge in [-0.05, 0) is 38.0 Å². The third kappa shape index (κ3) is 6.52. The Morgan fingerprint density at radius 3 is 2.62 bits per heavy atom. The Hall–Kier alpha value is -1.97. The number of aryl methyl sites for hydroxylation is 2. The number of nitrogens with one attached hydrogen (secondary N) is 1. The molecular formula is C21H33IN6O. The summed E-state index contributed by atoms with van der Waals surface area (Å²) in [4.78, 5) is 9.58. The van der Waals surface area contributed by atoms with Crippen LogP contribution in [0, 0.1) is 6.92 Å². The van der Waals surface area contributed by atoms with Crippen LogP contribution in [-0.4, -0.2) is 67.0 Å². The summed E-state index contributed by atoms with van der Waals surface area (Å²) in [5, 5.41) is 7.78. The van der Waals surface area contributed by atoms with Crippen LogP contribution >= 0.6 is 24.0 Å². The molecule has 0 unspecified atom stereocenters. The van der Waals surface area contributed by atoms with E-state index in [9.17, 15) is 0 Å². The summed E-state index contributed by atoms with van der Waals surface area (Å²) in [6, 6.07) is 8.23. The van der Waals surface area contributed by atoms with Crippen molar-refractivity contribution in [3.63, 3.8) is 0 Å². The lowest BCUT2D eigenvalue weighted by molar-refractivity contribution is 0.367. The van der Waals surface area contributed by atoms with E-state index in [0.717, 1.165) is 63.9 Å². The summed E-state index contributed by atoms with van der Waals surface area (Å²) in [5.41, 5.74) is 2.37. The monoisotopic (exact) mass is 512 g/mol. The van der Waals surface area contributed by atoms with Gasteiger partial charge in [0.05, 0.1) is 19.0 Å². The highest BCUT2D eigenvalue weighted by atomic mass is 127. The number of ether oxygens (including phenoxy) is 1. The molecule has 2 aromatic rings. The van der Waals surface area contributed by atoms with Crippen LogP contribution < -0.4 is 15.0 Å². The Bertz CT molecular complexity index is 770. The number of para-hydroxylation sites is 2. The zero-order valence-electron chi connectivity index (χ0n) is 17.7. The van der Waals surface area contributed by atoms with Gasteiger partial charge in [0.1, 0.15) is 5.75 Å². The third-order valence-corrected chi connectivity index (χ3v) is 4.91. The molecule has 1 N–H and O–H groups in total. The number of aliphatic imine (C=N–C) groups is 1. The minimum atomic E-state index is 0. The van der Waals surface area contributed by atoms with Gasteiger partial charge in [0.2, 0.25) is 0 Å². The largest absolute Gasteiger partial charge is 0.495 e. The number of methoxy groups -OCH3 is 1. The number of benzene rings is 1. The first-order chi connectivity index (χ1) is 13.7. The van der Waals surface area contributed by atoms with E-state index in [1.165, 1.54) is 11.3 Å². The SMILES string of the molecule is CCNC(=NCCCn1cc(C)cn1)N1CCN(c2ccccc2OC)CC1.I. The number of anilines is 1. The average molecular weight is 512 g/mol. The number of aromatic nitrogens is 2. The second-order valence-corrected chi connectivity index (χ2v) is 7.02. The first-order valence-corrected chi connectivity index (χ1v) is 10.1. The molecule has 1 saturated heterocycles. The van der Waals surface area contributed by atoms with Crippen LogP contribution in [0.2, 0.25) is 0 Å². The maximum Gasteiger partial charge on any atom is 0.194 e. The van der Waals surface area contributed by atoms with E-state index >= 15 is 0 Å². The Balaban J connectivity index is 0.00000300. The summed E-state index contributed by atoms with van der Waals surface area (Å²) in [6.07, 6.45) is 4.96. The van der Waals surface area contributed by atoms with Crippen molar-refractivity contribution in [2.45, 2.75) is 26.8 Å². The molecule has 1 aliphatic heterocycles. The Kier molecular flexibility index (Phi) is 9.56. The fourth-order valence-electron chi connectivity index (χ4n) is 3.48. The standard InChI is InChI=1S/C21H32N6O.HI/c1-4-22-21(23-10-7-11-27-17-18(2)16-24-27)26-14-12-25(13-15-26)19-8-5-6-9-20(19)28-3;/h5-6,8-9,16-17H,4,7,10-15H2,1-3H3,(H,22,23);1H. The molecule has 7 nitrogen and oxygen atoms in total. The van der Waals surface area contributed by atoms with Gasteiger partial charge in [-0.3, -0.25) is 9.67 Å². The minimum absolute atomic E-state index is 0. The number of piperazine rings is 1. The number of guanidine groups is 1. The van der Waals surface area contributed by atoms with Crippen molar-refractivity contribution in [1.29, 1.82) is 0 Å². The normalized spacial score (nSPS) is 14.5. The molecule has 1 aliphatic rings. The molecule has 0 saturated carbocycles. The van der Waals surface area contributed by atoms with Crippen LogP contribution in [0.15, 0.2) is 41.7 Å². The second-order valence-electron chi connectivity index (χ2n) is 7.02. The molecule has 0 radical (unpaired) electrons. The van der Waals surface area contributed by atoms with Gasteiger partial charge >= 0.3 is 0 Å². The summed E-state index contributed by atoms with van der Waals surface area (Å²) in [7, 11) is 1.73. The minimum Gasteiger partial charge on any atom is -0.495 e. The second kappa shape index (κ2) is 11.9. The molecule has 0 atom stereocenters. The van der Waals surface area contributed by atoms with Gasteiger partial charge in [-0.25, -0.2) is 0 Å². The predicted octanol–water partition coefficient (Wildman–Crippen LogP) is 3.00. The summed E-state index contributed by atoms with van der Waals surface area (Å²) in [5.74, 6) is 1.95. The van der Waals surface area contributed by atoms with Gasteiger partial charge in [-0.15, -0.1) is 24.0 Å². The molecule has 160 valence electrons. The molecule has 0 aliphatic carbocycles. The topological polar surface area (TPSA) is 57.9 Å². The van der Waals surface area contributed by atoms with Crippen LogP contribution in [0.1, 0.15) is 18.9 Å². The third-order valence-electron chi connectivity index (χ3n) is 4.91. The molecule has 2 heterocycles. The number of nitrogens with zero attached hydrogens (tertiary/aromatic N) is 5. The highest BCUT2D eigenvalue weighted by molar-refractivity contribution is 14.0. The molecule has 1 aromatic heterocycles. The molecule has 0 amide bonds. The molecular weight excluding hydrogens is 479 g/mol. The molecule has 0 bridgehead atoms. The van der Waals surface area contributed by atoms with Crippen LogP contribution in [0.25, 0.3) is 0 Å². The number of rotatable bonds is 7. The van der Waals surface area contributed by atoms with E-state index < -0.39 is 0 Å². The number of hydrogen-bond acceptors (Lipinski definition) is 4. The lowest BCUT2D eigenvalue weighted by atomic mass is 10.2. The number of hydrogen-bond donors (Lipinski definition) is 1. The van der Waals surface area contributed by atoms with Gasteiger partial charge in [0.15, 0.2) is 5.96 Å². The smallest absolute Gasteiger partial charge is 0.194 e. The summed E-state index contributed by atoms with van der Waals surface area (Å²) < 4.78 is 7.51. The van der Waals surface area contributed by atoms with Crippen LogP contribution in [0.5, 0.6) is 5.75 Å². The van der Waals surface area contributed by atoms with Gasteiger partial charge in [0.25, 0.3) is 0 Å². The van der Waals surface area contributed by atoms with Crippen molar-refractivity contribution in [1.82, 2.24) is 20.0 Å².